The van der Waals surface area contributed by atoms with E-state index in [1.807, 2.05) is 29.6 Å². The molecule has 0 aliphatic carbocycles. The van der Waals surface area contributed by atoms with Gasteiger partial charge in [-0.05, 0) is 36.4 Å². The lowest BCUT2D eigenvalue weighted by Crippen LogP contribution is -2.33. The predicted molar refractivity (Wildman–Crippen MR) is 102 cm³/mol. The van der Waals surface area contributed by atoms with Gasteiger partial charge in [-0.3, -0.25) is 4.79 Å². The largest absolute Gasteiger partial charge is 0.469 e. The molecule has 0 spiro atoms. The van der Waals surface area contributed by atoms with E-state index >= 15 is 0 Å². The summed E-state index contributed by atoms with van der Waals surface area (Å²) in [7, 11) is 1.33. The summed E-state index contributed by atoms with van der Waals surface area (Å²) in [5.74, 6) is 0.552. The van der Waals surface area contributed by atoms with E-state index in [-0.39, 0.29) is 18.4 Å². The van der Waals surface area contributed by atoms with Crippen molar-refractivity contribution in [3.8, 4) is 0 Å². The van der Waals surface area contributed by atoms with Crippen LogP contribution in [0.2, 0.25) is 0 Å². The van der Waals surface area contributed by atoms with Crippen LogP contribution in [-0.2, 0) is 9.53 Å². The summed E-state index contributed by atoms with van der Waals surface area (Å²) >= 11 is 1.48. The van der Waals surface area contributed by atoms with Crippen LogP contribution in [0.15, 0.2) is 35.8 Å². The first-order valence-corrected chi connectivity index (χ1v) is 9.42. The fourth-order valence-electron chi connectivity index (χ4n) is 2.88. The lowest BCUT2D eigenvalue weighted by molar-refractivity contribution is -0.141. The van der Waals surface area contributed by atoms with Crippen molar-refractivity contribution >= 4 is 34.8 Å². The van der Waals surface area contributed by atoms with Crippen molar-refractivity contribution in [1.29, 1.82) is 0 Å². The Bertz CT molecular complexity index is 727. The van der Waals surface area contributed by atoms with E-state index in [0.717, 1.165) is 23.8 Å². The quantitative estimate of drug-likeness (QED) is 0.759. The summed E-state index contributed by atoms with van der Waals surface area (Å²) in [6.45, 7) is 2.05. The summed E-state index contributed by atoms with van der Waals surface area (Å²) in [6, 6.07) is 6.69. The van der Waals surface area contributed by atoms with E-state index < -0.39 is 6.04 Å². The molecule has 138 valence electrons. The van der Waals surface area contributed by atoms with Crippen molar-refractivity contribution in [2.24, 2.45) is 0 Å². The maximum atomic E-state index is 12.3. The van der Waals surface area contributed by atoms with Crippen molar-refractivity contribution in [1.82, 2.24) is 10.3 Å². The van der Waals surface area contributed by atoms with Gasteiger partial charge in [0.2, 0.25) is 0 Å². The summed E-state index contributed by atoms with van der Waals surface area (Å²) < 4.78 is 4.72. The molecule has 0 aromatic carbocycles. The number of pyridine rings is 1. The molecular formula is C18H22N4O3S. The standard InChI is InChI=1S/C18H22N4O3S/c1-25-17(23)11-14(15-5-4-10-26-15)21-18(24)20-13-6-7-16(19-12-13)22-8-2-3-9-22/h4-7,10,12,14H,2-3,8-9,11H2,1H3,(H2,20,21,24). The lowest BCUT2D eigenvalue weighted by atomic mass is 10.2. The lowest BCUT2D eigenvalue weighted by Gasteiger charge is -2.18. The van der Waals surface area contributed by atoms with Crippen LogP contribution in [0, 0.1) is 0 Å². The third-order valence-corrected chi connectivity index (χ3v) is 5.21. The number of urea groups is 1. The molecule has 2 aromatic heterocycles. The number of hydrogen-bond donors (Lipinski definition) is 2. The number of anilines is 2. The molecular weight excluding hydrogens is 352 g/mol. The van der Waals surface area contributed by atoms with Gasteiger partial charge in [0.25, 0.3) is 0 Å². The van der Waals surface area contributed by atoms with Crippen LogP contribution in [0.25, 0.3) is 0 Å². The van der Waals surface area contributed by atoms with Gasteiger partial charge in [-0.2, -0.15) is 0 Å². The first kappa shape index (κ1) is 18.2. The van der Waals surface area contributed by atoms with Crippen LogP contribution in [0.5, 0.6) is 0 Å². The average molecular weight is 374 g/mol. The number of ether oxygens (including phenoxy) is 1. The van der Waals surface area contributed by atoms with Gasteiger partial charge >= 0.3 is 12.0 Å². The number of esters is 1. The molecule has 1 fully saturated rings. The average Bonchev–Trinajstić information content (AvgIpc) is 3.35. The number of carbonyl (C=O) groups is 2. The fraction of sp³-hybridized carbons (Fsp3) is 0.389. The minimum atomic E-state index is -0.431. The minimum absolute atomic E-state index is 0.0799. The Morgan fingerprint density at radius 3 is 2.73 bits per heavy atom. The van der Waals surface area contributed by atoms with Crippen molar-refractivity contribution < 1.29 is 14.3 Å². The number of aromatic nitrogens is 1. The zero-order valence-electron chi connectivity index (χ0n) is 14.6. The van der Waals surface area contributed by atoms with Crippen LogP contribution in [0.1, 0.15) is 30.2 Å². The van der Waals surface area contributed by atoms with Gasteiger partial charge in [0, 0.05) is 18.0 Å². The van der Waals surface area contributed by atoms with Gasteiger partial charge in [-0.25, -0.2) is 9.78 Å². The second-order valence-corrected chi connectivity index (χ2v) is 7.03. The molecule has 26 heavy (non-hydrogen) atoms. The fourth-order valence-corrected chi connectivity index (χ4v) is 3.66. The highest BCUT2D eigenvalue weighted by Crippen LogP contribution is 2.23. The highest BCUT2D eigenvalue weighted by Gasteiger charge is 2.20. The Hall–Kier alpha value is -2.61. The van der Waals surface area contributed by atoms with Gasteiger partial charge in [-0.15, -0.1) is 11.3 Å². The van der Waals surface area contributed by atoms with E-state index in [0.29, 0.717) is 5.69 Å². The molecule has 1 atom stereocenters. The summed E-state index contributed by atoms with van der Waals surface area (Å²) in [6.07, 6.45) is 4.10. The van der Waals surface area contributed by atoms with Crippen LogP contribution in [0.3, 0.4) is 0 Å². The first-order chi connectivity index (χ1) is 12.7. The van der Waals surface area contributed by atoms with Crippen LogP contribution >= 0.6 is 11.3 Å². The van der Waals surface area contributed by atoms with Crippen molar-refractivity contribution in [3.05, 3.63) is 40.7 Å². The molecule has 3 heterocycles. The van der Waals surface area contributed by atoms with Gasteiger partial charge < -0.3 is 20.3 Å². The maximum absolute atomic E-state index is 12.3. The summed E-state index contributed by atoms with van der Waals surface area (Å²) in [5.41, 5.74) is 0.605. The van der Waals surface area contributed by atoms with Gasteiger partial charge in [-0.1, -0.05) is 6.07 Å². The maximum Gasteiger partial charge on any atom is 0.319 e. The van der Waals surface area contributed by atoms with E-state index in [1.165, 1.54) is 31.3 Å². The molecule has 1 saturated heterocycles. The summed E-state index contributed by atoms with van der Waals surface area (Å²) in [5, 5.41) is 7.49. The number of hydrogen-bond acceptors (Lipinski definition) is 6. The SMILES string of the molecule is COC(=O)CC(NC(=O)Nc1ccc(N2CCCC2)nc1)c1cccs1. The zero-order valence-corrected chi connectivity index (χ0v) is 15.4. The number of methoxy groups -OCH3 is 1. The molecule has 1 unspecified atom stereocenters. The van der Waals surface area contributed by atoms with E-state index in [1.54, 1.807) is 6.20 Å². The minimum Gasteiger partial charge on any atom is -0.469 e. The number of rotatable bonds is 6. The molecule has 2 amide bonds. The Morgan fingerprint density at radius 2 is 2.12 bits per heavy atom. The first-order valence-electron chi connectivity index (χ1n) is 8.54. The number of nitrogens with one attached hydrogen (secondary N) is 2. The predicted octanol–water partition coefficient (Wildman–Crippen LogP) is 3.17. The Morgan fingerprint density at radius 1 is 1.31 bits per heavy atom. The Labute approximate surface area is 156 Å². The topological polar surface area (TPSA) is 83.6 Å². The molecule has 2 N–H and O–H groups in total. The highest BCUT2D eigenvalue weighted by molar-refractivity contribution is 7.10. The van der Waals surface area contributed by atoms with E-state index in [9.17, 15) is 9.59 Å². The second kappa shape index (κ2) is 8.66. The van der Waals surface area contributed by atoms with E-state index in [2.05, 4.69) is 20.5 Å². The third kappa shape index (κ3) is 4.72. The monoisotopic (exact) mass is 374 g/mol. The number of thiophene rings is 1. The Balaban J connectivity index is 1.59. The third-order valence-electron chi connectivity index (χ3n) is 4.23. The molecule has 0 radical (unpaired) electrons. The molecule has 3 rings (SSSR count). The van der Waals surface area contributed by atoms with Crippen LogP contribution < -0.4 is 15.5 Å². The smallest absolute Gasteiger partial charge is 0.319 e. The van der Waals surface area contributed by atoms with Crippen LogP contribution in [-0.4, -0.2) is 37.2 Å². The molecule has 0 bridgehead atoms. The van der Waals surface area contributed by atoms with Gasteiger partial charge in [0.05, 0.1) is 31.5 Å². The molecule has 2 aromatic rings. The Kier molecular flexibility index (Phi) is 6.06. The second-order valence-electron chi connectivity index (χ2n) is 6.05. The zero-order chi connectivity index (χ0) is 18.4. The summed E-state index contributed by atoms with van der Waals surface area (Å²) in [4.78, 5) is 31.5. The number of amides is 2. The highest BCUT2D eigenvalue weighted by atomic mass is 32.1. The van der Waals surface area contributed by atoms with Crippen molar-refractivity contribution in [2.45, 2.75) is 25.3 Å². The molecule has 0 saturated carbocycles. The molecule has 7 nitrogen and oxygen atoms in total. The molecule has 1 aliphatic heterocycles. The van der Waals surface area contributed by atoms with Gasteiger partial charge in [0.1, 0.15) is 5.82 Å². The molecule has 8 heteroatoms. The number of nitrogens with zero attached hydrogens (tertiary/aromatic N) is 2. The van der Waals surface area contributed by atoms with Gasteiger partial charge in [0.15, 0.2) is 0 Å². The van der Waals surface area contributed by atoms with Crippen molar-refractivity contribution in [2.75, 3.05) is 30.4 Å². The molecule has 1 aliphatic rings. The van der Waals surface area contributed by atoms with Crippen LogP contribution in [0.4, 0.5) is 16.3 Å². The van der Waals surface area contributed by atoms with E-state index in [4.69, 9.17) is 4.74 Å². The number of carbonyl (C=O) groups excluding carboxylic acids is 2. The normalized spacial score (nSPS) is 14.7. The van der Waals surface area contributed by atoms with Crippen molar-refractivity contribution in [3.63, 3.8) is 0 Å².